The molecule has 1 saturated heterocycles. The summed E-state index contributed by atoms with van der Waals surface area (Å²) in [5.41, 5.74) is 1.74. The first-order valence-electron chi connectivity index (χ1n) is 8.92. The number of carbonyl (C=O) groups is 1. The van der Waals surface area contributed by atoms with Crippen LogP contribution < -0.4 is 10.1 Å². The Bertz CT molecular complexity index is 902. The molecule has 138 valence electrons. The van der Waals surface area contributed by atoms with Crippen molar-refractivity contribution in [2.45, 2.75) is 13.0 Å². The van der Waals surface area contributed by atoms with Crippen molar-refractivity contribution in [3.8, 4) is 28.6 Å². The summed E-state index contributed by atoms with van der Waals surface area (Å²) in [5.74, 6) is 1.78. The van der Waals surface area contributed by atoms with Crippen LogP contribution in [0.1, 0.15) is 6.92 Å². The summed E-state index contributed by atoms with van der Waals surface area (Å²) < 4.78 is 11.3. The highest BCUT2D eigenvalue weighted by atomic mass is 16.5. The summed E-state index contributed by atoms with van der Waals surface area (Å²) in [4.78, 5) is 17.8. The molecule has 7 heteroatoms. The van der Waals surface area contributed by atoms with E-state index in [1.54, 1.807) is 4.90 Å². The van der Waals surface area contributed by atoms with Gasteiger partial charge < -0.3 is 19.5 Å². The first-order valence-corrected chi connectivity index (χ1v) is 8.92. The highest BCUT2D eigenvalue weighted by Gasteiger charge is 2.31. The average Bonchev–Trinajstić information content (AvgIpc) is 3.16. The Hall–Kier alpha value is -3.35. The number of hydrogen-bond acceptors (Lipinski definition) is 5. The predicted molar refractivity (Wildman–Crippen MR) is 100 cm³/mol. The van der Waals surface area contributed by atoms with Crippen molar-refractivity contribution in [1.29, 1.82) is 0 Å². The van der Waals surface area contributed by atoms with Gasteiger partial charge in [0, 0.05) is 17.7 Å². The summed E-state index contributed by atoms with van der Waals surface area (Å²) >= 11 is 0. The van der Waals surface area contributed by atoms with E-state index in [9.17, 15) is 4.79 Å². The third-order valence-electron chi connectivity index (χ3n) is 4.33. The van der Waals surface area contributed by atoms with Crippen molar-refractivity contribution in [1.82, 2.24) is 20.4 Å². The molecule has 1 aromatic heterocycles. The van der Waals surface area contributed by atoms with E-state index in [0.29, 0.717) is 31.3 Å². The van der Waals surface area contributed by atoms with E-state index in [4.69, 9.17) is 9.26 Å². The molecule has 0 saturated carbocycles. The van der Waals surface area contributed by atoms with Crippen LogP contribution in [0.5, 0.6) is 5.75 Å². The maximum atomic E-state index is 11.7. The molecule has 0 radical (unpaired) electrons. The molecule has 7 nitrogen and oxygen atoms in total. The van der Waals surface area contributed by atoms with E-state index in [1.807, 2.05) is 61.5 Å². The minimum Gasteiger partial charge on any atom is -0.487 e. The number of nitrogens with zero attached hydrogens (tertiary/aromatic N) is 3. The molecule has 1 N–H and O–H groups in total. The van der Waals surface area contributed by atoms with E-state index in [2.05, 4.69) is 15.5 Å². The van der Waals surface area contributed by atoms with Gasteiger partial charge in [0.1, 0.15) is 11.9 Å². The monoisotopic (exact) mass is 364 g/mol. The van der Waals surface area contributed by atoms with Crippen molar-refractivity contribution in [2.24, 2.45) is 0 Å². The number of aromatic nitrogens is 2. The molecular weight excluding hydrogens is 344 g/mol. The van der Waals surface area contributed by atoms with Gasteiger partial charge in [-0.15, -0.1) is 0 Å². The maximum absolute atomic E-state index is 11.7. The smallest absolute Gasteiger partial charge is 0.317 e. The molecule has 0 unspecified atom stereocenters. The van der Waals surface area contributed by atoms with Gasteiger partial charge in [-0.2, -0.15) is 4.98 Å². The number of amides is 2. The number of nitrogens with one attached hydrogen (secondary N) is 1. The van der Waals surface area contributed by atoms with Gasteiger partial charge in [0.15, 0.2) is 0 Å². The molecule has 2 aromatic carbocycles. The second-order valence-corrected chi connectivity index (χ2v) is 6.29. The van der Waals surface area contributed by atoms with Crippen molar-refractivity contribution in [3.63, 3.8) is 0 Å². The topological polar surface area (TPSA) is 80.5 Å². The molecule has 1 aliphatic heterocycles. The van der Waals surface area contributed by atoms with E-state index >= 15 is 0 Å². The molecule has 1 fully saturated rings. The molecule has 2 heterocycles. The number of carbonyl (C=O) groups excluding carboxylic acids is 1. The highest BCUT2D eigenvalue weighted by Crippen LogP contribution is 2.25. The van der Waals surface area contributed by atoms with Crippen LogP contribution in [-0.4, -0.2) is 46.8 Å². The van der Waals surface area contributed by atoms with E-state index < -0.39 is 0 Å². The average molecular weight is 364 g/mol. The zero-order valence-electron chi connectivity index (χ0n) is 15.0. The van der Waals surface area contributed by atoms with Crippen LogP contribution in [0, 0.1) is 0 Å². The van der Waals surface area contributed by atoms with Crippen LogP contribution in [0.25, 0.3) is 22.8 Å². The van der Waals surface area contributed by atoms with Crippen LogP contribution in [0.4, 0.5) is 4.79 Å². The van der Waals surface area contributed by atoms with Gasteiger partial charge in [-0.25, -0.2) is 4.79 Å². The van der Waals surface area contributed by atoms with Gasteiger partial charge in [0.25, 0.3) is 5.89 Å². The Labute approximate surface area is 156 Å². The summed E-state index contributed by atoms with van der Waals surface area (Å²) in [6.45, 7) is 3.72. The normalized spacial score (nSPS) is 13.9. The minimum absolute atomic E-state index is 0.0199. The Morgan fingerprint density at radius 3 is 2.59 bits per heavy atom. The van der Waals surface area contributed by atoms with Crippen LogP contribution in [0.2, 0.25) is 0 Å². The van der Waals surface area contributed by atoms with Gasteiger partial charge in [-0.1, -0.05) is 35.5 Å². The second-order valence-electron chi connectivity index (χ2n) is 6.29. The van der Waals surface area contributed by atoms with Crippen LogP contribution in [-0.2, 0) is 0 Å². The van der Waals surface area contributed by atoms with Crippen molar-refractivity contribution >= 4 is 6.03 Å². The van der Waals surface area contributed by atoms with E-state index in [1.165, 1.54) is 0 Å². The molecule has 4 rings (SSSR count). The fourth-order valence-electron chi connectivity index (χ4n) is 2.86. The number of rotatable bonds is 5. The third-order valence-corrected chi connectivity index (χ3v) is 4.33. The molecule has 27 heavy (non-hydrogen) atoms. The molecule has 0 aliphatic carbocycles. The van der Waals surface area contributed by atoms with Gasteiger partial charge in [-0.3, -0.25) is 0 Å². The van der Waals surface area contributed by atoms with Crippen LogP contribution in [0.3, 0.4) is 0 Å². The zero-order chi connectivity index (χ0) is 18.6. The van der Waals surface area contributed by atoms with E-state index in [0.717, 1.165) is 16.9 Å². The quantitative estimate of drug-likeness (QED) is 0.752. The van der Waals surface area contributed by atoms with Crippen LogP contribution >= 0.6 is 0 Å². The van der Waals surface area contributed by atoms with Crippen molar-refractivity contribution in [3.05, 3.63) is 54.6 Å². The summed E-state index contributed by atoms with van der Waals surface area (Å²) in [7, 11) is 0. The minimum atomic E-state index is -0.0432. The molecule has 0 atom stereocenters. The van der Waals surface area contributed by atoms with Gasteiger partial charge in [-0.05, 0) is 31.2 Å². The Kier molecular flexibility index (Phi) is 4.74. The van der Waals surface area contributed by atoms with E-state index in [-0.39, 0.29) is 12.1 Å². The lowest BCUT2D eigenvalue weighted by molar-refractivity contribution is 0.0446. The lowest BCUT2D eigenvalue weighted by atomic mass is 10.1. The van der Waals surface area contributed by atoms with Gasteiger partial charge in [0.05, 0.1) is 13.1 Å². The van der Waals surface area contributed by atoms with Crippen LogP contribution in [0.15, 0.2) is 59.1 Å². The maximum Gasteiger partial charge on any atom is 0.317 e. The van der Waals surface area contributed by atoms with Crippen molar-refractivity contribution < 1.29 is 14.1 Å². The SMILES string of the molecule is CCNC(=O)N1CC(Oc2ccc(-c3nc(-c4ccccc4)no3)cc2)C1. The molecule has 3 aromatic rings. The first-order chi connectivity index (χ1) is 13.2. The number of ether oxygens (including phenoxy) is 1. The van der Waals surface area contributed by atoms with Gasteiger partial charge in [0.2, 0.25) is 5.82 Å². The number of urea groups is 1. The molecular formula is C20H20N4O3. The third kappa shape index (κ3) is 3.76. The summed E-state index contributed by atoms with van der Waals surface area (Å²) in [5, 5.41) is 6.81. The molecule has 1 aliphatic rings. The number of hydrogen-bond donors (Lipinski definition) is 1. The largest absolute Gasteiger partial charge is 0.487 e. The number of benzene rings is 2. The fourth-order valence-corrected chi connectivity index (χ4v) is 2.86. The molecule has 2 amide bonds. The highest BCUT2D eigenvalue weighted by molar-refractivity contribution is 5.75. The summed E-state index contributed by atoms with van der Waals surface area (Å²) in [6, 6.07) is 17.2. The number of likely N-dealkylation sites (tertiary alicyclic amines) is 1. The first kappa shape index (κ1) is 17.1. The Morgan fingerprint density at radius 2 is 1.89 bits per heavy atom. The second kappa shape index (κ2) is 7.49. The lowest BCUT2D eigenvalue weighted by Gasteiger charge is -2.38. The van der Waals surface area contributed by atoms with Crippen molar-refractivity contribution in [2.75, 3.05) is 19.6 Å². The van der Waals surface area contributed by atoms with Gasteiger partial charge >= 0.3 is 6.03 Å². The Morgan fingerprint density at radius 1 is 1.15 bits per heavy atom. The molecule has 0 spiro atoms. The fraction of sp³-hybridized carbons (Fsp3) is 0.250. The Balaban J connectivity index is 1.36. The predicted octanol–water partition coefficient (Wildman–Crippen LogP) is 3.20. The summed E-state index contributed by atoms with van der Waals surface area (Å²) in [6.07, 6.45) is 0.0199. The zero-order valence-corrected chi connectivity index (χ0v) is 15.0. The standard InChI is InChI=1S/C20H20N4O3/c1-2-21-20(25)24-12-17(13-24)26-16-10-8-15(9-11-16)19-22-18(23-27-19)14-6-4-3-5-7-14/h3-11,17H,2,12-13H2,1H3,(H,21,25). The lowest BCUT2D eigenvalue weighted by Crippen LogP contribution is -2.58. The molecule has 0 bridgehead atoms.